The highest BCUT2D eigenvalue weighted by molar-refractivity contribution is 5.73. The van der Waals surface area contributed by atoms with E-state index < -0.39 is 17.6 Å². The summed E-state index contributed by atoms with van der Waals surface area (Å²) in [5, 5.41) is 10.1. The lowest BCUT2D eigenvalue weighted by atomic mass is 9.80. The number of hydrogen-bond donors (Lipinski definition) is 1. The van der Waals surface area contributed by atoms with Gasteiger partial charge >= 0.3 is 5.97 Å². The van der Waals surface area contributed by atoms with Crippen LogP contribution in [0.2, 0.25) is 0 Å². The number of carboxylic acid groups (broad SMARTS) is 1. The van der Waals surface area contributed by atoms with Gasteiger partial charge in [-0.2, -0.15) is 0 Å². The average Bonchev–Trinajstić information content (AvgIpc) is 3.30. The Bertz CT molecular complexity index is 1050. The zero-order valence-electron chi connectivity index (χ0n) is 22.4. The summed E-state index contributed by atoms with van der Waals surface area (Å²) in [7, 11) is 0. The highest BCUT2D eigenvalue weighted by Crippen LogP contribution is 2.38. The van der Waals surface area contributed by atoms with Crippen molar-refractivity contribution in [3.63, 3.8) is 0 Å². The Balaban J connectivity index is 1.14. The van der Waals surface area contributed by atoms with E-state index in [1.807, 2.05) is 0 Å². The van der Waals surface area contributed by atoms with E-state index in [0.29, 0.717) is 23.7 Å². The van der Waals surface area contributed by atoms with Crippen molar-refractivity contribution in [2.24, 2.45) is 17.8 Å². The predicted molar refractivity (Wildman–Crippen MR) is 146 cm³/mol. The van der Waals surface area contributed by atoms with Crippen molar-refractivity contribution in [1.29, 1.82) is 0 Å². The molecule has 3 atom stereocenters. The fraction of sp³-hybridized carbons (Fsp3) is 0.594. The number of hydrogen-bond acceptors (Lipinski definition) is 3. The monoisotopic (exact) mass is 524 g/mol. The molecule has 6 heteroatoms. The van der Waals surface area contributed by atoms with E-state index in [2.05, 4.69) is 40.1 Å². The molecule has 2 aromatic carbocycles. The van der Waals surface area contributed by atoms with Crippen LogP contribution in [0.25, 0.3) is 0 Å². The predicted octanol–water partition coefficient (Wildman–Crippen LogP) is 6.36. The van der Waals surface area contributed by atoms with Gasteiger partial charge in [0.25, 0.3) is 0 Å². The Morgan fingerprint density at radius 2 is 1.71 bits per heavy atom. The molecule has 0 radical (unpaired) electrons. The third-order valence-corrected chi connectivity index (χ3v) is 9.47. The second-order valence-corrected chi connectivity index (χ2v) is 12.0. The zero-order valence-corrected chi connectivity index (χ0v) is 22.4. The van der Waals surface area contributed by atoms with E-state index in [1.54, 1.807) is 6.07 Å². The molecule has 0 amide bonds. The SMILES string of the molecule is O=C(O)[C@@H](CC1CCC1)N1CC(CN2CCC(CCCc3ccc(F)c(F)c3)CC2)C(c2ccccc2)C1. The molecule has 0 spiro atoms. The standard InChI is InChI=1S/C32H42F2N2O2/c33-29-13-12-25(18-30(29)34)9-4-6-23-14-16-35(17-15-23)20-27-21-36(22-28(27)26-10-2-1-3-11-26)31(32(37)38)19-24-7-5-8-24/h1-3,10-13,18,23-24,27-28,31H,4-9,14-17,19-22H2,(H,37,38)/t27?,28?,31-/m1/s1. The summed E-state index contributed by atoms with van der Waals surface area (Å²) in [5.74, 6) is -0.134. The van der Waals surface area contributed by atoms with Gasteiger partial charge in [-0.25, -0.2) is 8.78 Å². The largest absolute Gasteiger partial charge is 0.480 e. The van der Waals surface area contributed by atoms with Crippen molar-refractivity contribution >= 4 is 5.97 Å². The number of halogens is 2. The number of aryl methyl sites for hydroxylation is 1. The first-order valence-corrected chi connectivity index (χ1v) is 14.6. The van der Waals surface area contributed by atoms with Crippen LogP contribution >= 0.6 is 0 Å². The number of carbonyl (C=O) groups is 1. The van der Waals surface area contributed by atoms with Crippen LogP contribution in [0, 0.1) is 29.4 Å². The summed E-state index contributed by atoms with van der Waals surface area (Å²) in [6, 6.07) is 14.6. The number of carboxylic acids is 1. The molecule has 4 nitrogen and oxygen atoms in total. The summed E-state index contributed by atoms with van der Waals surface area (Å²) in [6.45, 7) is 4.88. The molecule has 206 valence electrons. The van der Waals surface area contributed by atoms with Crippen molar-refractivity contribution < 1.29 is 18.7 Å². The molecule has 0 bridgehead atoms. The molecule has 3 fully saturated rings. The molecule has 2 aromatic rings. The van der Waals surface area contributed by atoms with Crippen molar-refractivity contribution in [1.82, 2.24) is 9.80 Å². The van der Waals surface area contributed by atoms with Gasteiger partial charge in [0.15, 0.2) is 11.6 Å². The van der Waals surface area contributed by atoms with Crippen molar-refractivity contribution in [3.8, 4) is 0 Å². The minimum absolute atomic E-state index is 0.364. The lowest BCUT2D eigenvalue weighted by Crippen LogP contribution is -2.43. The van der Waals surface area contributed by atoms with E-state index >= 15 is 0 Å². The Morgan fingerprint density at radius 1 is 0.947 bits per heavy atom. The fourth-order valence-corrected chi connectivity index (χ4v) is 6.95. The number of nitrogens with zero attached hydrogens (tertiary/aromatic N) is 2. The molecule has 2 unspecified atom stereocenters. The highest BCUT2D eigenvalue weighted by atomic mass is 19.2. The Morgan fingerprint density at radius 3 is 2.37 bits per heavy atom. The van der Waals surface area contributed by atoms with Crippen LogP contribution < -0.4 is 0 Å². The number of piperidine rings is 1. The summed E-state index contributed by atoms with van der Waals surface area (Å²) in [6.07, 6.45) is 9.65. The smallest absolute Gasteiger partial charge is 0.320 e. The lowest BCUT2D eigenvalue weighted by Gasteiger charge is -2.35. The van der Waals surface area contributed by atoms with E-state index in [-0.39, 0.29) is 6.04 Å². The maximum atomic E-state index is 13.5. The Labute approximate surface area is 226 Å². The number of rotatable bonds is 11. The normalized spacial score (nSPS) is 24.4. The van der Waals surface area contributed by atoms with Crippen LogP contribution in [0.5, 0.6) is 0 Å². The molecular formula is C32H42F2N2O2. The van der Waals surface area contributed by atoms with Gasteiger partial charge < -0.3 is 10.0 Å². The molecule has 2 heterocycles. The molecule has 5 rings (SSSR count). The number of likely N-dealkylation sites (tertiary alicyclic amines) is 2. The lowest BCUT2D eigenvalue weighted by molar-refractivity contribution is -0.144. The van der Waals surface area contributed by atoms with Crippen LogP contribution in [0.1, 0.15) is 68.4 Å². The Kier molecular flexibility index (Phi) is 9.11. The highest BCUT2D eigenvalue weighted by Gasteiger charge is 2.41. The molecule has 0 aromatic heterocycles. The van der Waals surface area contributed by atoms with Crippen LogP contribution in [0.3, 0.4) is 0 Å². The van der Waals surface area contributed by atoms with Gasteiger partial charge in [0.05, 0.1) is 0 Å². The first kappa shape index (κ1) is 27.3. The second kappa shape index (κ2) is 12.7. The van der Waals surface area contributed by atoms with Crippen LogP contribution in [0.4, 0.5) is 8.78 Å². The number of aliphatic carboxylic acids is 1. The van der Waals surface area contributed by atoms with Crippen LogP contribution in [-0.2, 0) is 11.2 Å². The third-order valence-electron chi connectivity index (χ3n) is 9.47. The topological polar surface area (TPSA) is 43.8 Å². The minimum Gasteiger partial charge on any atom is -0.480 e. The van der Waals surface area contributed by atoms with Gasteiger partial charge in [-0.05, 0) is 86.2 Å². The van der Waals surface area contributed by atoms with Crippen LogP contribution in [0.15, 0.2) is 48.5 Å². The molecule has 3 aliphatic rings. The quantitative estimate of drug-likeness (QED) is 0.372. The summed E-state index contributed by atoms with van der Waals surface area (Å²) in [5.41, 5.74) is 2.20. The number of benzene rings is 2. The maximum Gasteiger partial charge on any atom is 0.320 e. The van der Waals surface area contributed by atoms with Crippen molar-refractivity contribution in [2.75, 3.05) is 32.7 Å². The van der Waals surface area contributed by atoms with Crippen molar-refractivity contribution in [3.05, 3.63) is 71.3 Å². The van der Waals surface area contributed by atoms with E-state index in [4.69, 9.17) is 0 Å². The molecule has 38 heavy (non-hydrogen) atoms. The van der Waals surface area contributed by atoms with Gasteiger partial charge in [0.2, 0.25) is 0 Å². The van der Waals surface area contributed by atoms with E-state index in [0.717, 1.165) is 64.0 Å². The fourth-order valence-electron chi connectivity index (χ4n) is 6.95. The first-order valence-electron chi connectivity index (χ1n) is 14.6. The molecule has 1 saturated carbocycles. The van der Waals surface area contributed by atoms with E-state index in [1.165, 1.54) is 49.8 Å². The van der Waals surface area contributed by atoms with Gasteiger partial charge in [-0.3, -0.25) is 9.69 Å². The Hall–Kier alpha value is -2.31. The van der Waals surface area contributed by atoms with Crippen LogP contribution in [-0.4, -0.2) is 59.6 Å². The first-order chi connectivity index (χ1) is 18.5. The second-order valence-electron chi connectivity index (χ2n) is 12.0. The molecular weight excluding hydrogens is 482 g/mol. The van der Waals surface area contributed by atoms with Crippen molar-refractivity contribution in [2.45, 2.75) is 69.7 Å². The molecule has 1 aliphatic carbocycles. The molecule has 2 aliphatic heterocycles. The third kappa shape index (κ3) is 6.81. The molecule has 1 N–H and O–H groups in total. The summed E-state index contributed by atoms with van der Waals surface area (Å²) in [4.78, 5) is 17.1. The summed E-state index contributed by atoms with van der Waals surface area (Å²) >= 11 is 0. The molecule has 2 saturated heterocycles. The zero-order chi connectivity index (χ0) is 26.5. The minimum atomic E-state index is -0.780. The average molecular weight is 525 g/mol. The van der Waals surface area contributed by atoms with Gasteiger partial charge in [0, 0.05) is 25.6 Å². The van der Waals surface area contributed by atoms with Gasteiger partial charge in [0.1, 0.15) is 6.04 Å². The summed E-state index contributed by atoms with van der Waals surface area (Å²) < 4.78 is 26.6. The van der Waals surface area contributed by atoms with Gasteiger partial charge in [-0.1, -0.05) is 62.1 Å². The van der Waals surface area contributed by atoms with E-state index in [9.17, 15) is 18.7 Å². The maximum absolute atomic E-state index is 13.5. The van der Waals surface area contributed by atoms with Gasteiger partial charge in [-0.15, -0.1) is 0 Å².